The van der Waals surface area contributed by atoms with Gasteiger partial charge in [0.15, 0.2) is 0 Å². The van der Waals surface area contributed by atoms with Crippen LogP contribution in [0.1, 0.15) is 18.4 Å². The van der Waals surface area contributed by atoms with Gasteiger partial charge in [0.25, 0.3) is 0 Å². The van der Waals surface area contributed by atoms with Gasteiger partial charge >= 0.3 is 0 Å². The molecule has 1 aliphatic heterocycles. The highest BCUT2D eigenvalue weighted by Crippen LogP contribution is 2.15. The van der Waals surface area contributed by atoms with Crippen LogP contribution < -0.4 is 0 Å². The van der Waals surface area contributed by atoms with Crippen molar-refractivity contribution in [1.29, 1.82) is 0 Å². The molecule has 0 saturated carbocycles. The van der Waals surface area contributed by atoms with E-state index in [9.17, 15) is 4.79 Å². The first-order valence-corrected chi connectivity index (χ1v) is 6.47. The molecule has 1 aromatic heterocycles. The summed E-state index contributed by atoms with van der Waals surface area (Å²) in [6.45, 7) is 2.11. The number of amides is 1. The van der Waals surface area contributed by atoms with Gasteiger partial charge in [-0.15, -0.1) is 0 Å². The topological polar surface area (TPSA) is 47.4 Å². The van der Waals surface area contributed by atoms with Crippen molar-refractivity contribution in [2.24, 2.45) is 13.0 Å². The summed E-state index contributed by atoms with van der Waals surface area (Å²) in [7, 11) is 3.79. The van der Waals surface area contributed by atoms with Crippen LogP contribution in [0.25, 0.3) is 0 Å². The minimum absolute atomic E-state index is 0.0772. The maximum atomic E-state index is 12.0. The van der Waals surface area contributed by atoms with Crippen molar-refractivity contribution in [3.05, 3.63) is 18.0 Å². The number of hydrogen-bond donors (Lipinski definition) is 0. The van der Waals surface area contributed by atoms with Crippen LogP contribution in [0.4, 0.5) is 0 Å². The predicted octanol–water partition coefficient (Wildman–Crippen LogP) is 0.848. The fourth-order valence-corrected chi connectivity index (χ4v) is 2.27. The largest absolute Gasteiger partial charge is 0.381 e. The highest BCUT2D eigenvalue weighted by Gasteiger charge is 2.25. The molecule has 5 nitrogen and oxygen atoms in total. The lowest BCUT2D eigenvalue weighted by Crippen LogP contribution is -2.34. The number of ether oxygens (including phenoxy) is 1. The number of carbonyl (C=O) groups excluding carboxylic acids is 1. The number of nitrogens with zero attached hydrogens (tertiary/aromatic N) is 3. The third kappa shape index (κ3) is 3.32. The highest BCUT2D eigenvalue weighted by atomic mass is 16.5. The van der Waals surface area contributed by atoms with Crippen LogP contribution in [-0.4, -0.2) is 47.4 Å². The van der Waals surface area contributed by atoms with Gasteiger partial charge in [-0.25, -0.2) is 0 Å². The molecule has 1 atom stereocenters. The van der Waals surface area contributed by atoms with E-state index >= 15 is 0 Å². The fourth-order valence-electron chi connectivity index (χ4n) is 2.27. The lowest BCUT2D eigenvalue weighted by atomic mass is 10.1. The molecule has 0 aliphatic carbocycles. The van der Waals surface area contributed by atoms with Crippen LogP contribution in [-0.2, 0) is 23.0 Å². The van der Waals surface area contributed by atoms with Gasteiger partial charge in [-0.3, -0.25) is 9.48 Å². The second-order valence-corrected chi connectivity index (χ2v) is 4.95. The molecule has 18 heavy (non-hydrogen) atoms. The first-order valence-electron chi connectivity index (χ1n) is 6.47. The zero-order valence-corrected chi connectivity index (χ0v) is 11.1. The van der Waals surface area contributed by atoms with Gasteiger partial charge in [0.05, 0.1) is 18.7 Å². The Balaban J connectivity index is 1.70. The Kier molecular flexibility index (Phi) is 4.36. The van der Waals surface area contributed by atoms with Crippen LogP contribution in [0, 0.1) is 5.92 Å². The summed E-state index contributed by atoms with van der Waals surface area (Å²) < 4.78 is 7.05. The van der Waals surface area contributed by atoms with Crippen molar-refractivity contribution in [2.75, 3.05) is 26.8 Å². The van der Waals surface area contributed by atoms with E-state index in [2.05, 4.69) is 5.10 Å². The van der Waals surface area contributed by atoms with E-state index in [0.717, 1.165) is 32.4 Å². The Morgan fingerprint density at radius 3 is 3.11 bits per heavy atom. The van der Waals surface area contributed by atoms with E-state index in [4.69, 9.17) is 4.74 Å². The summed E-state index contributed by atoms with van der Waals surface area (Å²) >= 11 is 0. The van der Waals surface area contributed by atoms with Crippen molar-refractivity contribution in [1.82, 2.24) is 14.7 Å². The number of rotatable bonds is 5. The Morgan fingerprint density at radius 2 is 2.50 bits per heavy atom. The second-order valence-electron chi connectivity index (χ2n) is 4.95. The van der Waals surface area contributed by atoms with Crippen LogP contribution in [0.15, 0.2) is 12.4 Å². The molecule has 0 spiro atoms. The van der Waals surface area contributed by atoms with E-state index in [1.165, 1.54) is 5.56 Å². The van der Waals surface area contributed by atoms with E-state index in [1.807, 2.05) is 31.4 Å². The molecule has 0 bridgehead atoms. The van der Waals surface area contributed by atoms with Gasteiger partial charge in [0, 0.05) is 33.4 Å². The lowest BCUT2D eigenvalue weighted by Gasteiger charge is -2.20. The second kappa shape index (κ2) is 6.00. The Bertz CT molecular complexity index is 397. The van der Waals surface area contributed by atoms with Crippen molar-refractivity contribution >= 4 is 5.91 Å². The normalized spacial score (nSPS) is 19.1. The minimum atomic E-state index is 0.0772. The summed E-state index contributed by atoms with van der Waals surface area (Å²) in [5.74, 6) is 0.298. The molecule has 5 heteroatoms. The number of hydrogen-bond acceptors (Lipinski definition) is 3. The van der Waals surface area contributed by atoms with E-state index in [-0.39, 0.29) is 11.8 Å². The molecular weight excluding hydrogens is 230 g/mol. The van der Waals surface area contributed by atoms with Crippen LogP contribution >= 0.6 is 0 Å². The monoisotopic (exact) mass is 251 g/mol. The Hall–Kier alpha value is -1.36. The maximum Gasteiger partial charge on any atom is 0.227 e. The van der Waals surface area contributed by atoms with E-state index in [1.54, 1.807) is 4.68 Å². The lowest BCUT2D eigenvalue weighted by molar-refractivity contribution is -0.134. The van der Waals surface area contributed by atoms with Gasteiger partial charge in [0.2, 0.25) is 5.91 Å². The molecule has 100 valence electrons. The summed E-state index contributed by atoms with van der Waals surface area (Å²) in [5, 5.41) is 4.13. The van der Waals surface area contributed by atoms with Crippen molar-refractivity contribution in [2.45, 2.75) is 19.3 Å². The molecule has 1 saturated heterocycles. The average molecular weight is 251 g/mol. The molecule has 0 unspecified atom stereocenters. The minimum Gasteiger partial charge on any atom is -0.381 e. The quantitative estimate of drug-likeness (QED) is 0.779. The number of aryl methyl sites for hydroxylation is 2. The van der Waals surface area contributed by atoms with Crippen LogP contribution in [0.5, 0.6) is 0 Å². The molecule has 0 N–H and O–H groups in total. The van der Waals surface area contributed by atoms with Gasteiger partial charge in [-0.1, -0.05) is 0 Å². The third-order valence-corrected chi connectivity index (χ3v) is 3.37. The third-order valence-electron chi connectivity index (χ3n) is 3.37. The number of aromatic nitrogens is 2. The summed E-state index contributed by atoms with van der Waals surface area (Å²) in [6.07, 6.45) is 6.71. The molecular formula is C13H21N3O2. The molecule has 1 amide bonds. The maximum absolute atomic E-state index is 12.0. The number of carbonyl (C=O) groups is 1. The van der Waals surface area contributed by atoms with E-state index in [0.29, 0.717) is 6.61 Å². The van der Waals surface area contributed by atoms with Gasteiger partial charge in [-0.2, -0.15) is 5.10 Å². The van der Waals surface area contributed by atoms with Crippen molar-refractivity contribution in [3.63, 3.8) is 0 Å². The average Bonchev–Trinajstić information content (AvgIpc) is 2.99. The van der Waals surface area contributed by atoms with Gasteiger partial charge in [-0.05, 0) is 24.8 Å². The Labute approximate surface area is 108 Å². The van der Waals surface area contributed by atoms with Gasteiger partial charge in [0.1, 0.15) is 0 Å². The molecule has 0 radical (unpaired) electrons. The molecule has 0 aromatic carbocycles. The molecule has 1 aliphatic rings. The summed E-state index contributed by atoms with van der Waals surface area (Å²) in [4.78, 5) is 13.9. The smallest absolute Gasteiger partial charge is 0.227 e. The van der Waals surface area contributed by atoms with Crippen LogP contribution in [0.2, 0.25) is 0 Å². The highest BCUT2D eigenvalue weighted by molar-refractivity contribution is 5.78. The zero-order valence-electron chi connectivity index (χ0n) is 11.1. The van der Waals surface area contributed by atoms with Crippen molar-refractivity contribution in [3.8, 4) is 0 Å². The van der Waals surface area contributed by atoms with Crippen LogP contribution in [0.3, 0.4) is 0 Å². The molecule has 1 fully saturated rings. The van der Waals surface area contributed by atoms with Gasteiger partial charge < -0.3 is 9.64 Å². The summed E-state index contributed by atoms with van der Waals surface area (Å²) in [6, 6.07) is 0. The molecule has 2 heterocycles. The fraction of sp³-hybridized carbons (Fsp3) is 0.692. The Morgan fingerprint density at radius 1 is 1.67 bits per heavy atom. The predicted molar refractivity (Wildman–Crippen MR) is 68.1 cm³/mol. The zero-order chi connectivity index (χ0) is 13.0. The summed E-state index contributed by atoms with van der Waals surface area (Å²) in [5.41, 5.74) is 1.22. The first kappa shape index (κ1) is 13.1. The van der Waals surface area contributed by atoms with Crippen molar-refractivity contribution < 1.29 is 9.53 Å². The first-order chi connectivity index (χ1) is 8.66. The standard InChI is InChI=1S/C13H21N3O2/c1-15(13(17)12-5-7-18-10-12)6-3-4-11-8-14-16(2)9-11/h8-9,12H,3-7,10H2,1-2H3/t12-/m1/s1. The SMILES string of the molecule is CN(CCCc1cnn(C)c1)C(=O)[C@@H]1CCOC1. The molecule has 1 aromatic rings. The molecule has 2 rings (SSSR count). The van der Waals surface area contributed by atoms with E-state index < -0.39 is 0 Å².